The molecule has 3 atom stereocenters. The van der Waals surface area contributed by atoms with Crippen LogP contribution in [0.3, 0.4) is 0 Å². The fourth-order valence-electron chi connectivity index (χ4n) is 4.45. The van der Waals surface area contributed by atoms with Crippen molar-refractivity contribution in [3.05, 3.63) is 35.9 Å². The maximum atomic E-state index is 13.3. The van der Waals surface area contributed by atoms with E-state index in [1.807, 2.05) is 0 Å². The number of anilines is 1. The highest BCUT2D eigenvalue weighted by Crippen LogP contribution is 2.54. The number of nitrogens with zero attached hydrogens (tertiary/aromatic N) is 4. The first-order chi connectivity index (χ1) is 15.2. The van der Waals surface area contributed by atoms with Crippen molar-refractivity contribution in [2.24, 2.45) is 5.92 Å². The second kappa shape index (κ2) is 7.31. The van der Waals surface area contributed by atoms with Gasteiger partial charge in [-0.15, -0.1) is 9.90 Å². The van der Waals surface area contributed by atoms with Crippen molar-refractivity contribution in [3.63, 3.8) is 0 Å². The average molecular weight is 481 g/mol. The SMILES string of the molecule is O=C(Nc1ccc(C(F)(F)F)c(-n2ncc(F)n2)c1)N1C2C[C@@H](C(F)(F)F)CC1(C(=O)O)C2. The van der Waals surface area contributed by atoms with Crippen LogP contribution < -0.4 is 5.32 Å². The lowest BCUT2D eigenvalue weighted by atomic mass is 9.63. The fourth-order valence-corrected chi connectivity index (χ4v) is 4.45. The number of carboxylic acids is 1. The number of rotatable bonds is 3. The van der Waals surface area contributed by atoms with Crippen LogP contribution in [0.4, 0.5) is 41.2 Å². The molecule has 178 valence electrons. The maximum Gasteiger partial charge on any atom is 0.418 e. The summed E-state index contributed by atoms with van der Waals surface area (Å²) >= 11 is 0. The van der Waals surface area contributed by atoms with Crippen LogP contribution >= 0.6 is 0 Å². The fraction of sp³-hybridized carbons (Fsp3) is 0.444. The summed E-state index contributed by atoms with van der Waals surface area (Å²) < 4.78 is 92.6. The lowest BCUT2D eigenvalue weighted by Gasteiger charge is -2.61. The van der Waals surface area contributed by atoms with Crippen LogP contribution in [0.15, 0.2) is 24.4 Å². The average Bonchev–Trinajstić information content (AvgIpc) is 3.12. The minimum atomic E-state index is -4.88. The largest absolute Gasteiger partial charge is 0.479 e. The van der Waals surface area contributed by atoms with Crippen LogP contribution in [-0.4, -0.2) is 54.8 Å². The van der Waals surface area contributed by atoms with Gasteiger partial charge in [-0.25, -0.2) is 9.59 Å². The number of piperidine rings is 1. The summed E-state index contributed by atoms with van der Waals surface area (Å²) in [6.45, 7) is 0. The van der Waals surface area contributed by atoms with Crippen molar-refractivity contribution in [3.8, 4) is 5.69 Å². The molecule has 4 rings (SSSR count). The minimum Gasteiger partial charge on any atom is -0.479 e. The zero-order valence-electron chi connectivity index (χ0n) is 16.3. The molecule has 2 unspecified atom stereocenters. The van der Waals surface area contributed by atoms with Gasteiger partial charge in [0.2, 0.25) is 0 Å². The predicted molar refractivity (Wildman–Crippen MR) is 94.7 cm³/mol. The molecule has 2 aliphatic heterocycles. The van der Waals surface area contributed by atoms with Gasteiger partial charge in [0.25, 0.3) is 5.95 Å². The third-order valence-corrected chi connectivity index (χ3v) is 5.85. The number of urea groups is 1. The van der Waals surface area contributed by atoms with Gasteiger partial charge < -0.3 is 15.3 Å². The lowest BCUT2D eigenvalue weighted by Crippen LogP contribution is -2.76. The Hall–Kier alpha value is -3.39. The first-order valence-electron chi connectivity index (χ1n) is 9.42. The van der Waals surface area contributed by atoms with Crippen molar-refractivity contribution in [2.75, 3.05) is 5.32 Å². The molecule has 3 heterocycles. The summed E-state index contributed by atoms with van der Waals surface area (Å²) in [6, 6.07) is 0.153. The standard InChI is InChI=1S/C18H14F7N5O3/c19-13-7-26-30(28-13)12-4-9(1-2-11(12)18(23,24)25)27-15(33)29-10-3-8(17(20,21)22)5-16(29,6-10)14(31)32/h1-2,4,7-8,10H,3,5-6H2,(H,27,33)(H,31,32)/t8-,10?,16?/m1/s1. The van der Waals surface area contributed by atoms with Crippen molar-refractivity contribution in [1.29, 1.82) is 0 Å². The highest BCUT2D eigenvalue weighted by atomic mass is 19.4. The molecule has 2 fully saturated rings. The molecular formula is C18H14F7N5O3. The molecule has 0 radical (unpaired) electrons. The van der Waals surface area contributed by atoms with Crippen molar-refractivity contribution < 1.29 is 45.4 Å². The Labute approximate surface area is 180 Å². The molecule has 2 aromatic rings. The van der Waals surface area contributed by atoms with Gasteiger partial charge in [0.1, 0.15) is 17.4 Å². The van der Waals surface area contributed by atoms with Gasteiger partial charge in [0.15, 0.2) is 0 Å². The molecular weight excluding hydrogens is 467 g/mol. The molecule has 8 nitrogen and oxygen atoms in total. The number of hydrogen-bond acceptors (Lipinski definition) is 4. The number of carbonyl (C=O) groups excluding carboxylic acids is 1. The van der Waals surface area contributed by atoms with E-state index in [1.54, 1.807) is 0 Å². The molecule has 0 aliphatic carbocycles. The molecule has 15 heteroatoms. The third-order valence-electron chi connectivity index (χ3n) is 5.85. The molecule has 2 amide bonds. The number of carboxylic acid groups (broad SMARTS) is 1. The Balaban J connectivity index is 1.62. The summed E-state index contributed by atoms with van der Waals surface area (Å²) in [7, 11) is 0. The van der Waals surface area contributed by atoms with E-state index in [9.17, 15) is 45.4 Å². The summed E-state index contributed by atoms with van der Waals surface area (Å²) in [6.07, 6.45) is -10.4. The highest BCUT2D eigenvalue weighted by Gasteiger charge is 2.67. The molecule has 2 saturated heterocycles. The quantitative estimate of drug-likeness (QED) is 0.650. The molecule has 0 spiro atoms. The highest BCUT2D eigenvalue weighted by molar-refractivity contribution is 5.96. The number of amides is 2. The Kier molecular flexibility index (Phi) is 5.05. The molecule has 2 N–H and O–H groups in total. The Morgan fingerprint density at radius 3 is 2.39 bits per heavy atom. The topological polar surface area (TPSA) is 100 Å². The van der Waals surface area contributed by atoms with Gasteiger partial charge in [0.05, 0.1) is 11.5 Å². The van der Waals surface area contributed by atoms with E-state index in [2.05, 4.69) is 15.5 Å². The Morgan fingerprint density at radius 2 is 1.85 bits per heavy atom. The van der Waals surface area contributed by atoms with Crippen LogP contribution in [0.25, 0.3) is 5.69 Å². The van der Waals surface area contributed by atoms with E-state index in [0.29, 0.717) is 17.1 Å². The minimum absolute atomic E-state index is 0.170. The van der Waals surface area contributed by atoms with E-state index >= 15 is 0 Å². The lowest BCUT2D eigenvalue weighted by molar-refractivity contribution is -0.227. The number of aromatic nitrogens is 3. The number of halogens is 7. The maximum absolute atomic E-state index is 13.3. The molecule has 1 aromatic carbocycles. The molecule has 1 aromatic heterocycles. The van der Waals surface area contributed by atoms with Gasteiger partial charge in [-0.3, -0.25) is 0 Å². The monoisotopic (exact) mass is 481 g/mol. The van der Waals surface area contributed by atoms with Gasteiger partial charge in [-0.2, -0.15) is 35.8 Å². The van der Waals surface area contributed by atoms with Gasteiger partial charge in [0, 0.05) is 18.2 Å². The third kappa shape index (κ3) is 3.84. The van der Waals surface area contributed by atoms with Crippen molar-refractivity contribution in [1.82, 2.24) is 19.9 Å². The van der Waals surface area contributed by atoms with E-state index < -0.39 is 71.9 Å². The second-order valence-corrected chi connectivity index (χ2v) is 7.86. The van der Waals surface area contributed by atoms with Crippen molar-refractivity contribution >= 4 is 17.7 Å². The number of aliphatic carboxylic acids is 1. The smallest absolute Gasteiger partial charge is 0.418 e. The Morgan fingerprint density at radius 1 is 1.15 bits per heavy atom. The summed E-state index contributed by atoms with van der Waals surface area (Å²) in [5.74, 6) is -4.66. The van der Waals surface area contributed by atoms with E-state index in [0.717, 1.165) is 17.0 Å². The Bertz CT molecular complexity index is 1120. The number of alkyl halides is 6. The zero-order valence-corrected chi connectivity index (χ0v) is 16.3. The van der Waals surface area contributed by atoms with Crippen LogP contribution in [0.5, 0.6) is 0 Å². The molecule has 33 heavy (non-hydrogen) atoms. The number of hydrogen-bond donors (Lipinski definition) is 2. The number of fused-ring (bicyclic) bond motifs is 2. The number of nitrogens with one attached hydrogen (secondary N) is 1. The molecule has 2 bridgehead atoms. The number of carbonyl (C=O) groups is 2. The second-order valence-electron chi connectivity index (χ2n) is 7.86. The van der Waals surface area contributed by atoms with Crippen LogP contribution in [0.1, 0.15) is 24.8 Å². The zero-order chi connectivity index (χ0) is 24.3. The van der Waals surface area contributed by atoms with Crippen LogP contribution in [0, 0.1) is 11.9 Å². The van der Waals surface area contributed by atoms with Gasteiger partial charge in [-0.05, 0) is 31.0 Å². The van der Waals surface area contributed by atoms with E-state index in [4.69, 9.17) is 0 Å². The van der Waals surface area contributed by atoms with E-state index in [-0.39, 0.29) is 12.1 Å². The normalized spacial score (nSPS) is 24.9. The van der Waals surface area contributed by atoms with Crippen LogP contribution in [0.2, 0.25) is 0 Å². The van der Waals surface area contributed by atoms with Crippen molar-refractivity contribution in [2.45, 2.75) is 43.2 Å². The first kappa shape index (κ1) is 22.8. The predicted octanol–water partition coefficient (Wildman–Crippen LogP) is 3.83. The summed E-state index contributed by atoms with van der Waals surface area (Å²) in [4.78, 5) is 25.7. The summed E-state index contributed by atoms with van der Waals surface area (Å²) in [5.41, 5.74) is -4.29. The van der Waals surface area contributed by atoms with Crippen LogP contribution in [-0.2, 0) is 11.0 Å². The summed E-state index contributed by atoms with van der Waals surface area (Å²) in [5, 5.41) is 18.3. The van der Waals surface area contributed by atoms with E-state index in [1.165, 1.54) is 0 Å². The van der Waals surface area contributed by atoms with Gasteiger partial charge in [-0.1, -0.05) is 0 Å². The molecule has 0 saturated carbocycles. The molecule has 2 aliphatic rings. The first-order valence-corrected chi connectivity index (χ1v) is 9.42. The number of benzene rings is 1. The van der Waals surface area contributed by atoms with Gasteiger partial charge >= 0.3 is 24.4 Å².